The van der Waals surface area contributed by atoms with Crippen molar-refractivity contribution in [1.82, 2.24) is 10.6 Å². The van der Waals surface area contributed by atoms with Crippen molar-refractivity contribution < 1.29 is 27.9 Å². The fourth-order valence-electron chi connectivity index (χ4n) is 3.02. The Morgan fingerprint density at radius 2 is 1.50 bits per heavy atom. The first-order valence-corrected chi connectivity index (χ1v) is 8.57. The topological polar surface area (TPSA) is 78.4 Å². The Bertz CT molecular complexity index is 838. The van der Waals surface area contributed by atoms with E-state index in [-0.39, 0.29) is 12.8 Å². The highest BCUT2D eigenvalue weighted by atomic mass is 19.1. The maximum atomic E-state index is 13.6. The van der Waals surface area contributed by atoms with E-state index in [1.54, 1.807) is 19.1 Å². The average Bonchev–Trinajstić information content (AvgIpc) is 2.55. The minimum absolute atomic E-state index is 0.0740. The fourth-order valence-corrected chi connectivity index (χ4v) is 3.02. The molecule has 0 aliphatic heterocycles. The van der Waals surface area contributed by atoms with Gasteiger partial charge in [-0.25, -0.2) is 18.0 Å². The van der Waals surface area contributed by atoms with E-state index >= 15 is 0 Å². The largest absolute Gasteiger partial charge is 0.465 e. The van der Waals surface area contributed by atoms with Crippen LogP contribution in [0.15, 0.2) is 42.5 Å². The molecule has 0 fully saturated rings. The van der Waals surface area contributed by atoms with Gasteiger partial charge in [0.2, 0.25) is 5.91 Å². The van der Waals surface area contributed by atoms with E-state index in [2.05, 4.69) is 10.6 Å². The Balaban J connectivity index is 2.28. The molecule has 0 spiro atoms. The standard InChI is InChI=1S/C20H21F3N2O3/c1-12(24-19(27)28)18(26)25-20(2,10-13-3-5-15(21)6-4-13)11-14-7-16(22)9-17(23)8-14/h3-9,12,24H,10-11H2,1-2H3,(H,25,26)(H,27,28)/t12-,20?/m0/s1. The number of rotatable bonds is 7. The Labute approximate surface area is 160 Å². The molecular formula is C20H21F3N2O3. The molecule has 0 aliphatic rings. The van der Waals surface area contributed by atoms with E-state index in [1.807, 2.05) is 0 Å². The fraction of sp³-hybridized carbons (Fsp3) is 0.300. The van der Waals surface area contributed by atoms with E-state index < -0.39 is 41.0 Å². The van der Waals surface area contributed by atoms with Crippen LogP contribution in [0.3, 0.4) is 0 Å². The number of carboxylic acid groups (broad SMARTS) is 1. The summed E-state index contributed by atoms with van der Waals surface area (Å²) in [6, 6.07) is 7.68. The Morgan fingerprint density at radius 3 is 2.04 bits per heavy atom. The van der Waals surface area contributed by atoms with Crippen molar-refractivity contribution in [2.45, 2.75) is 38.3 Å². The lowest BCUT2D eigenvalue weighted by atomic mass is 9.86. The minimum atomic E-state index is -1.35. The first kappa shape index (κ1) is 21.3. The second-order valence-corrected chi connectivity index (χ2v) is 6.98. The molecule has 2 aromatic carbocycles. The molecule has 28 heavy (non-hydrogen) atoms. The normalized spacial score (nSPS) is 14.0. The highest BCUT2D eigenvalue weighted by Gasteiger charge is 2.30. The maximum absolute atomic E-state index is 13.6. The first-order valence-electron chi connectivity index (χ1n) is 8.57. The summed E-state index contributed by atoms with van der Waals surface area (Å²) >= 11 is 0. The highest BCUT2D eigenvalue weighted by molar-refractivity contribution is 5.85. The number of amides is 2. The Morgan fingerprint density at radius 1 is 0.964 bits per heavy atom. The molecule has 0 bridgehead atoms. The summed E-state index contributed by atoms with van der Waals surface area (Å²) in [4.78, 5) is 23.2. The van der Waals surface area contributed by atoms with Gasteiger partial charge in [-0.05, 0) is 62.1 Å². The van der Waals surface area contributed by atoms with E-state index in [0.29, 0.717) is 11.1 Å². The average molecular weight is 394 g/mol. The summed E-state index contributed by atoms with van der Waals surface area (Å²) in [5.41, 5.74) is 0.00465. The van der Waals surface area contributed by atoms with Crippen molar-refractivity contribution in [1.29, 1.82) is 0 Å². The third kappa shape index (κ3) is 6.29. The monoisotopic (exact) mass is 394 g/mol. The smallest absolute Gasteiger partial charge is 0.405 e. The first-order chi connectivity index (χ1) is 13.1. The molecule has 3 N–H and O–H groups in total. The molecule has 5 nitrogen and oxygen atoms in total. The van der Waals surface area contributed by atoms with Crippen molar-refractivity contribution in [2.75, 3.05) is 0 Å². The van der Waals surface area contributed by atoms with Crippen LogP contribution in [0.4, 0.5) is 18.0 Å². The van der Waals surface area contributed by atoms with Crippen molar-refractivity contribution in [3.05, 3.63) is 71.0 Å². The summed E-state index contributed by atoms with van der Waals surface area (Å²) in [6.45, 7) is 3.05. The van der Waals surface area contributed by atoms with Gasteiger partial charge in [0.1, 0.15) is 23.5 Å². The summed E-state index contributed by atoms with van der Waals surface area (Å²) in [5.74, 6) is -2.50. The molecule has 1 unspecified atom stereocenters. The number of carbonyl (C=O) groups is 2. The van der Waals surface area contributed by atoms with Gasteiger partial charge < -0.3 is 15.7 Å². The molecule has 2 aromatic rings. The molecular weight excluding hydrogens is 373 g/mol. The van der Waals surface area contributed by atoms with E-state index in [4.69, 9.17) is 5.11 Å². The zero-order valence-electron chi connectivity index (χ0n) is 15.4. The van der Waals surface area contributed by atoms with Gasteiger partial charge in [0.15, 0.2) is 0 Å². The van der Waals surface area contributed by atoms with E-state index in [0.717, 1.165) is 18.2 Å². The number of hydrogen-bond donors (Lipinski definition) is 3. The second kappa shape index (κ2) is 8.77. The summed E-state index contributed by atoms with van der Waals surface area (Å²) in [6.07, 6.45) is -1.04. The molecule has 0 saturated heterocycles. The van der Waals surface area contributed by atoms with Crippen molar-refractivity contribution >= 4 is 12.0 Å². The zero-order valence-corrected chi connectivity index (χ0v) is 15.4. The molecule has 0 aliphatic carbocycles. The van der Waals surface area contributed by atoms with Gasteiger partial charge in [-0.2, -0.15) is 0 Å². The number of hydrogen-bond acceptors (Lipinski definition) is 2. The lowest BCUT2D eigenvalue weighted by Gasteiger charge is -2.32. The molecule has 2 amide bonds. The van der Waals surface area contributed by atoms with Gasteiger partial charge in [-0.1, -0.05) is 12.1 Å². The van der Waals surface area contributed by atoms with Crippen LogP contribution < -0.4 is 10.6 Å². The van der Waals surface area contributed by atoms with Gasteiger partial charge in [0, 0.05) is 11.6 Å². The minimum Gasteiger partial charge on any atom is -0.465 e. The van der Waals surface area contributed by atoms with Gasteiger partial charge in [-0.15, -0.1) is 0 Å². The van der Waals surface area contributed by atoms with Gasteiger partial charge in [-0.3, -0.25) is 4.79 Å². The second-order valence-electron chi connectivity index (χ2n) is 6.98. The molecule has 0 radical (unpaired) electrons. The van der Waals surface area contributed by atoms with Crippen LogP contribution in [-0.2, 0) is 17.6 Å². The van der Waals surface area contributed by atoms with E-state index in [9.17, 15) is 22.8 Å². The Hall–Kier alpha value is -3.03. The van der Waals surface area contributed by atoms with Crippen LogP contribution in [0, 0.1) is 17.5 Å². The number of halogens is 3. The molecule has 0 saturated carbocycles. The quantitative estimate of drug-likeness (QED) is 0.673. The van der Waals surface area contributed by atoms with Crippen LogP contribution in [0.25, 0.3) is 0 Å². The number of benzene rings is 2. The molecule has 0 aromatic heterocycles. The lowest BCUT2D eigenvalue weighted by Crippen LogP contribution is -2.55. The predicted octanol–water partition coefficient (Wildman–Crippen LogP) is 3.42. The molecule has 0 heterocycles. The van der Waals surface area contributed by atoms with Gasteiger partial charge in [0.25, 0.3) is 0 Å². The van der Waals surface area contributed by atoms with E-state index in [1.165, 1.54) is 19.1 Å². The Kier molecular flexibility index (Phi) is 6.66. The number of nitrogens with one attached hydrogen (secondary N) is 2. The van der Waals surface area contributed by atoms with Crippen molar-refractivity contribution in [3.63, 3.8) is 0 Å². The zero-order chi connectivity index (χ0) is 20.9. The SMILES string of the molecule is C[C@H](NC(=O)O)C(=O)NC(C)(Cc1ccc(F)cc1)Cc1cc(F)cc(F)c1. The van der Waals surface area contributed by atoms with Crippen molar-refractivity contribution in [2.24, 2.45) is 0 Å². The third-order valence-electron chi connectivity index (χ3n) is 4.18. The predicted molar refractivity (Wildman–Crippen MR) is 97.3 cm³/mol. The van der Waals surface area contributed by atoms with Crippen LogP contribution in [0.5, 0.6) is 0 Å². The molecule has 150 valence electrons. The molecule has 2 atom stereocenters. The summed E-state index contributed by atoms with van der Waals surface area (Å²) in [5, 5.41) is 13.6. The van der Waals surface area contributed by atoms with Crippen LogP contribution in [-0.4, -0.2) is 28.7 Å². The van der Waals surface area contributed by atoms with Crippen LogP contribution in [0.1, 0.15) is 25.0 Å². The summed E-state index contributed by atoms with van der Waals surface area (Å²) < 4.78 is 40.3. The van der Waals surface area contributed by atoms with Crippen molar-refractivity contribution in [3.8, 4) is 0 Å². The number of carbonyl (C=O) groups excluding carboxylic acids is 1. The molecule has 8 heteroatoms. The van der Waals surface area contributed by atoms with Gasteiger partial charge >= 0.3 is 6.09 Å². The van der Waals surface area contributed by atoms with Crippen LogP contribution in [0.2, 0.25) is 0 Å². The van der Waals surface area contributed by atoms with Crippen LogP contribution >= 0.6 is 0 Å². The maximum Gasteiger partial charge on any atom is 0.405 e. The molecule has 2 rings (SSSR count). The highest BCUT2D eigenvalue weighted by Crippen LogP contribution is 2.21. The summed E-state index contributed by atoms with van der Waals surface area (Å²) in [7, 11) is 0. The third-order valence-corrected chi connectivity index (χ3v) is 4.18. The lowest BCUT2D eigenvalue weighted by molar-refractivity contribution is -0.124. The van der Waals surface area contributed by atoms with Gasteiger partial charge in [0.05, 0.1) is 0 Å².